The van der Waals surface area contributed by atoms with Crippen LogP contribution in [0.5, 0.6) is 5.75 Å². The van der Waals surface area contributed by atoms with Gasteiger partial charge >= 0.3 is 6.18 Å². The number of oxazole rings is 1. The fraction of sp³-hybridized carbons (Fsp3) is 0.143. The lowest BCUT2D eigenvalue weighted by Crippen LogP contribution is -2.04. The van der Waals surface area contributed by atoms with Crippen molar-refractivity contribution in [1.82, 2.24) is 9.97 Å². The maximum atomic E-state index is 12.6. The summed E-state index contributed by atoms with van der Waals surface area (Å²) in [4.78, 5) is 7.72. The van der Waals surface area contributed by atoms with Crippen LogP contribution >= 0.6 is 0 Å². The summed E-state index contributed by atoms with van der Waals surface area (Å²) in [6, 6.07) is 7.84. The van der Waals surface area contributed by atoms with Crippen molar-refractivity contribution in [3.05, 3.63) is 42.1 Å². The van der Waals surface area contributed by atoms with Crippen LogP contribution in [0.3, 0.4) is 0 Å². The molecule has 0 aliphatic heterocycles. The van der Waals surface area contributed by atoms with E-state index in [4.69, 9.17) is 9.15 Å². The molecule has 0 aliphatic carbocycles. The van der Waals surface area contributed by atoms with E-state index < -0.39 is 11.7 Å². The smallest absolute Gasteiger partial charge is 0.417 e. The summed E-state index contributed by atoms with van der Waals surface area (Å²) in [5, 5.41) is 0. The summed E-state index contributed by atoms with van der Waals surface area (Å²) in [7, 11) is 1.49. The third-order valence-corrected chi connectivity index (χ3v) is 2.91. The van der Waals surface area contributed by atoms with Crippen molar-refractivity contribution in [2.24, 2.45) is 0 Å². The van der Waals surface area contributed by atoms with E-state index in [1.165, 1.54) is 7.11 Å². The third-order valence-electron chi connectivity index (χ3n) is 2.91. The van der Waals surface area contributed by atoms with Gasteiger partial charge in [0.15, 0.2) is 0 Å². The van der Waals surface area contributed by atoms with Gasteiger partial charge in [-0.25, -0.2) is 9.97 Å². The molecule has 2 heterocycles. The largest absolute Gasteiger partial charge is 0.496 e. The molecule has 4 nitrogen and oxygen atoms in total. The predicted molar refractivity (Wildman–Crippen MR) is 68.8 cm³/mol. The Hall–Kier alpha value is -2.57. The molecule has 3 aromatic rings. The second-order valence-corrected chi connectivity index (χ2v) is 4.27. The van der Waals surface area contributed by atoms with Gasteiger partial charge in [0.2, 0.25) is 11.6 Å². The number of nitrogens with zero attached hydrogens (tertiary/aromatic N) is 2. The number of methoxy groups -OCH3 is 1. The van der Waals surface area contributed by atoms with Crippen LogP contribution in [0.2, 0.25) is 0 Å². The molecule has 2 aromatic heterocycles. The molecule has 108 valence electrons. The standard InChI is InChI=1S/C14H9F3N2O2/c1-20-11-5-3-2-4-9(11)12-19-10-6-8(14(15,16)17)7-18-13(10)21-12/h2-7H,1H3. The van der Waals surface area contributed by atoms with Gasteiger partial charge in [-0.1, -0.05) is 12.1 Å². The molecule has 7 heteroatoms. The van der Waals surface area contributed by atoms with Crippen molar-refractivity contribution < 1.29 is 22.3 Å². The Labute approximate surface area is 117 Å². The van der Waals surface area contributed by atoms with Crippen LogP contribution in [-0.2, 0) is 6.18 Å². The molecule has 0 spiro atoms. The summed E-state index contributed by atoms with van der Waals surface area (Å²) in [5.74, 6) is 0.675. The van der Waals surface area contributed by atoms with E-state index in [1.807, 2.05) is 0 Å². The highest BCUT2D eigenvalue weighted by atomic mass is 19.4. The number of benzene rings is 1. The summed E-state index contributed by atoms with van der Waals surface area (Å²) >= 11 is 0. The van der Waals surface area contributed by atoms with Crippen LogP contribution in [0.1, 0.15) is 5.56 Å². The lowest BCUT2D eigenvalue weighted by Gasteiger charge is -2.03. The van der Waals surface area contributed by atoms with Crippen LogP contribution in [0, 0.1) is 0 Å². The molecule has 1 aromatic carbocycles. The normalized spacial score (nSPS) is 11.8. The van der Waals surface area contributed by atoms with Gasteiger partial charge in [0, 0.05) is 6.20 Å². The minimum atomic E-state index is -4.47. The van der Waals surface area contributed by atoms with Gasteiger partial charge in [-0.3, -0.25) is 0 Å². The van der Waals surface area contributed by atoms with E-state index in [2.05, 4.69) is 9.97 Å². The first-order chi connectivity index (χ1) is 9.99. The first-order valence-corrected chi connectivity index (χ1v) is 5.96. The highest BCUT2D eigenvalue weighted by Crippen LogP contribution is 2.33. The van der Waals surface area contributed by atoms with Crippen molar-refractivity contribution in [3.8, 4) is 17.2 Å². The van der Waals surface area contributed by atoms with Crippen LogP contribution in [-0.4, -0.2) is 17.1 Å². The Bertz CT molecular complexity index is 796. The predicted octanol–water partition coefficient (Wildman–Crippen LogP) is 3.92. The van der Waals surface area contributed by atoms with E-state index in [-0.39, 0.29) is 17.1 Å². The number of halogens is 3. The Morgan fingerprint density at radius 1 is 1.19 bits per heavy atom. The molecule has 3 rings (SSSR count). The summed E-state index contributed by atoms with van der Waals surface area (Å²) < 4.78 is 48.5. The molecule has 0 fully saturated rings. The molecular formula is C14H9F3N2O2. The highest BCUT2D eigenvalue weighted by Gasteiger charge is 2.31. The molecule has 0 saturated heterocycles. The molecule has 0 amide bonds. The van der Waals surface area contributed by atoms with Crippen molar-refractivity contribution >= 4 is 11.2 Å². The average Bonchev–Trinajstić information content (AvgIpc) is 2.89. The van der Waals surface area contributed by atoms with Crippen molar-refractivity contribution in [3.63, 3.8) is 0 Å². The van der Waals surface area contributed by atoms with Crippen LogP contribution in [0.15, 0.2) is 40.9 Å². The van der Waals surface area contributed by atoms with Crippen molar-refractivity contribution in [2.75, 3.05) is 7.11 Å². The number of para-hydroxylation sites is 1. The molecule has 0 radical (unpaired) electrons. The molecule has 21 heavy (non-hydrogen) atoms. The van der Waals surface area contributed by atoms with E-state index >= 15 is 0 Å². The molecule has 0 aliphatic rings. The first kappa shape index (κ1) is 13.4. The summed E-state index contributed by atoms with van der Waals surface area (Å²) in [5.41, 5.74) is -0.226. The number of ether oxygens (including phenoxy) is 1. The topological polar surface area (TPSA) is 48.2 Å². The van der Waals surface area contributed by atoms with Gasteiger partial charge in [0.1, 0.15) is 11.3 Å². The fourth-order valence-electron chi connectivity index (χ4n) is 1.91. The lowest BCUT2D eigenvalue weighted by atomic mass is 10.2. The summed E-state index contributed by atoms with van der Waals surface area (Å²) in [6.07, 6.45) is -3.75. The quantitative estimate of drug-likeness (QED) is 0.718. The van der Waals surface area contributed by atoms with Crippen LogP contribution in [0.25, 0.3) is 22.7 Å². The van der Waals surface area contributed by atoms with E-state index in [0.29, 0.717) is 11.3 Å². The van der Waals surface area contributed by atoms with Gasteiger partial charge in [-0.2, -0.15) is 13.2 Å². The molecule has 0 saturated carbocycles. The Balaban J connectivity index is 2.13. The monoisotopic (exact) mass is 294 g/mol. The van der Waals surface area contributed by atoms with Crippen molar-refractivity contribution in [2.45, 2.75) is 6.18 Å². The number of alkyl halides is 3. The summed E-state index contributed by atoms with van der Waals surface area (Å²) in [6.45, 7) is 0. The molecule has 0 unspecified atom stereocenters. The van der Waals surface area contributed by atoms with Gasteiger partial charge in [-0.15, -0.1) is 0 Å². The molecule has 0 N–H and O–H groups in total. The Morgan fingerprint density at radius 2 is 1.95 bits per heavy atom. The highest BCUT2D eigenvalue weighted by molar-refractivity contribution is 5.75. The second-order valence-electron chi connectivity index (χ2n) is 4.27. The SMILES string of the molecule is COc1ccccc1-c1nc2cc(C(F)(F)F)cnc2o1. The molecular weight excluding hydrogens is 285 g/mol. The zero-order chi connectivity index (χ0) is 15.0. The number of pyridine rings is 1. The first-order valence-electron chi connectivity index (χ1n) is 5.96. The number of hydrogen-bond acceptors (Lipinski definition) is 4. The van der Waals surface area contributed by atoms with Crippen LogP contribution in [0.4, 0.5) is 13.2 Å². The maximum absolute atomic E-state index is 12.6. The van der Waals surface area contributed by atoms with Crippen LogP contribution < -0.4 is 4.74 Å². The zero-order valence-corrected chi connectivity index (χ0v) is 10.8. The number of rotatable bonds is 2. The van der Waals surface area contributed by atoms with Crippen molar-refractivity contribution in [1.29, 1.82) is 0 Å². The number of fused-ring (bicyclic) bond motifs is 1. The minimum absolute atomic E-state index is 0.0453. The zero-order valence-electron chi connectivity index (χ0n) is 10.8. The maximum Gasteiger partial charge on any atom is 0.417 e. The Kier molecular flexibility index (Phi) is 3.04. The van der Waals surface area contributed by atoms with Gasteiger partial charge in [-0.05, 0) is 18.2 Å². The van der Waals surface area contributed by atoms with E-state index in [9.17, 15) is 13.2 Å². The number of hydrogen-bond donors (Lipinski definition) is 0. The minimum Gasteiger partial charge on any atom is -0.496 e. The van der Waals surface area contributed by atoms with Gasteiger partial charge in [0.05, 0.1) is 18.2 Å². The fourth-order valence-corrected chi connectivity index (χ4v) is 1.91. The number of aromatic nitrogens is 2. The third kappa shape index (κ3) is 2.42. The second kappa shape index (κ2) is 4.76. The van der Waals surface area contributed by atoms with Gasteiger partial charge < -0.3 is 9.15 Å². The Morgan fingerprint density at radius 3 is 2.67 bits per heavy atom. The lowest BCUT2D eigenvalue weighted by molar-refractivity contribution is -0.137. The van der Waals surface area contributed by atoms with Gasteiger partial charge in [0.25, 0.3) is 0 Å². The van der Waals surface area contributed by atoms with E-state index in [1.54, 1.807) is 24.3 Å². The molecule has 0 atom stereocenters. The average molecular weight is 294 g/mol. The van der Waals surface area contributed by atoms with E-state index in [0.717, 1.165) is 12.3 Å². The molecule has 0 bridgehead atoms.